The second kappa shape index (κ2) is 5.78. The highest BCUT2D eigenvalue weighted by Gasteiger charge is 2.14. The molecule has 0 spiro atoms. The van der Waals surface area contributed by atoms with Crippen LogP contribution >= 0.6 is 11.6 Å². The van der Waals surface area contributed by atoms with Gasteiger partial charge in [0.15, 0.2) is 0 Å². The SMILES string of the molecule is O=S(=O)(Nc1ccc(Cl)c(F)c1)c1ccc(CO)cc1. The Bertz CT molecular complexity index is 717. The average Bonchev–Trinajstić information content (AvgIpc) is 2.43. The van der Waals surface area contributed by atoms with Gasteiger partial charge in [-0.2, -0.15) is 0 Å². The van der Waals surface area contributed by atoms with Crippen LogP contribution in [0.4, 0.5) is 10.1 Å². The minimum absolute atomic E-state index is 0.0186. The molecule has 0 fully saturated rings. The Morgan fingerprint density at radius 3 is 2.35 bits per heavy atom. The van der Waals surface area contributed by atoms with Crippen molar-refractivity contribution in [2.45, 2.75) is 11.5 Å². The first kappa shape index (κ1) is 14.8. The lowest BCUT2D eigenvalue weighted by molar-refractivity contribution is 0.282. The van der Waals surface area contributed by atoms with E-state index in [0.717, 1.165) is 6.07 Å². The minimum atomic E-state index is -3.81. The summed E-state index contributed by atoms with van der Waals surface area (Å²) in [4.78, 5) is 0.0186. The van der Waals surface area contributed by atoms with Gasteiger partial charge in [-0.15, -0.1) is 0 Å². The molecule has 20 heavy (non-hydrogen) atoms. The molecule has 0 amide bonds. The Kier molecular flexibility index (Phi) is 4.27. The van der Waals surface area contributed by atoms with E-state index < -0.39 is 15.8 Å². The van der Waals surface area contributed by atoms with Gasteiger partial charge in [0.2, 0.25) is 0 Å². The third-order valence-corrected chi connectivity index (χ3v) is 4.29. The third kappa shape index (κ3) is 3.27. The van der Waals surface area contributed by atoms with E-state index in [9.17, 15) is 12.8 Å². The first-order chi connectivity index (χ1) is 9.42. The second-order valence-electron chi connectivity index (χ2n) is 4.04. The van der Waals surface area contributed by atoms with Gasteiger partial charge in [0, 0.05) is 0 Å². The van der Waals surface area contributed by atoms with E-state index >= 15 is 0 Å². The fraction of sp³-hybridized carbons (Fsp3) is 0.0769. The number of aliphatic hydroxyl groups is 1. The maximum Gasteiger partial charge on any atom is 0.261 e. The second-order valence-corrected chi connectivity index (χ2v) is 6.13. The molecule has 2 aromatic carbocycles. The molecule has 2 aromatic rings. The third-order valence-electron chi connectivity index (χ3n) is 2.59. The molecule has 0 aliphatic rings. The van der Waals surface area contributed by atoms with Crippen molar-refractivity contribution in [2.75, 3.05) is 4.72 Å². The van der Waals surface area contributed by atoms with E-state index in [4.69, 9.17) is 16.7 Å². The molecule has 4 nitrogen and oxygen atoms in total. The van der Waals surface area contributed by atoms with Gasteiger partial charge in [-0.1, -0.05) is 23.7 Å². The molecule has 0 radical (unpaired) electrons. The van der Waals surface area contributed by atoms with E-state index in [1.54, 1.807) is 0 Å². The van der Waals surface area contributed by atoms with E-state index in [1.807, 2.05) is 0 Å². The summed E-state index contributed by atoms with van der Waals surface area (Å²) in [7, 11) is -3.81. The molecule has 7 heteroatoms. The summed E-state index contributed by atoms with van der Waals surface area (Å²) in [6.45, 7) is -0.170. The lowest BCUT2D eigenvalue weighted by Gasteiger charge is -2.09. The van der Waals surface area contributed by atoms with E-state index in [1.165, 1.54) is 36.4 Å². The lowest BCUT2D eigenvalue weighted by Crippen LogP contribution is -2.13. The summed E-state index contributed by atoms with van der Waals surface area (Å²) in [5.74, 6) is -0.706. The fourth-order valence-corrected chi connectivity index (χ4v) is 2.71. The van der Waals surface area contributed by atoms with Gasteiger partial charge in [-0.05, 0) is 35.9 Å². The topological polar surface area (TPSA) is 66.4 Å². The van der Waals surface area contributed by atoms with E-state index in [2.05, 4.69) is 4.72 Å². The molecule has 0 unspecified atom stereocenters. The molecule has 0 bridgehead atoms. The van der Waals surface area contributed by atoms with Crippen molar-refractivity contribution in [3.8, 4) is 0 Å². The number of hydrogen-bond acceptors (Lipinski definition) is 3. The molecule has 0 atom stereocenters. The predicted octanol–water partition coefficient (Wildman–Crippen LogP) is 2.77. The number of sulfonamides is 1. The molecule has 0 saturated heterocycles. The normalized spacial score (nSPS) is 11.3. The monoisotopic (exact) mass is 315 g/mol. The summed E-state index contributed by atoms with van der Waals surface area (Å²) in [6, 6.07) is 9.35. The number of nitrogens with one attached hydrogen (secondary N) is 1. The number of anilines is 1. The van der Waals surface area contributed by atoms with Crippen LogP contribution < -0.4 is 4.72 Å². The number of halogens is 2. The molecule has 2 N–H and O–H groups in total. The molecule has 0 aliphatic heterocycles. The summed E-state index contributed by atoms with van der Waals surface area (Å²) >= 11 is 5.53. The van der Waals surface area contributed by atoms with Crippen LogP contribution in [0.25, 0.3) is 0 Å². The number of aliphatic hydroxyl groups excluding tert-OH is 1. The quantitative estimate of drug-likeness (QED) is 0.911. The maximum atomic E-state index is 13.3. The van der Waals surface area contributed by atoms with Gasteiger partial charge in [0.1, 0.15) is 5.82 Å². The Morgan fingerprint density at radius 1 is 1.15 bits per heavy atom. The smallest absolute Gasteiger partial charge is 0.261 e. The summed E-state index contributed by atoms with van der Waals surface area (Å²) in [6.07, 6.45) is 0. The fourth-order valence-electron chi connectivity index (χ4n) is 1.55. The Morgan fingerprint density at radius 2 is 1.80 bits per heavy atom. The van der Waals surface area contributed by atoms with Gasteiger partial charge < -0.3 is 5.11 Å². The largest absolute Gasteiger partial charge is 0.392 e. The van der Waals surface area contributed by atoms with Crippen LogP contribution in [0.1, 0.15) is 5.56 Å². The molecular formula is C13H11ClFNO3S. The van der Waals surface area contributed by atoms with Crippen molar-refractivity contribution in [2.24, 2.45) is 0 Å². The standard InChI is InChI=1S/C13H11ClFNO3S/c14-12-6-3-10(7-13(12)15)16-20(18,19)11-4-1-9(8-17)2-5-11/h1-7,16-17H,8H2. The van der Waals surface area contributed by atoms with Crippen molar-refractivity contribution in [3.05, 3.63) is 58.9 Å². The van der Waals surface area contributed by atoms with Crippen LogP contribution in [-0.4, -0.2) is 13.5 Å². The van der Waals surface area contributed by atoms with Crippen LogP contribution in [0.5, 0.6) is 0 Å². The molecule has 106 valence electrons. The van der Waals surface area contributed by atoms with Crippen molar-refractivity contribution in [1.29, 1.82) is 0 Å². The number of rotatable bonds is 4. The molecular weight excluding hydrogens is 305 g/mol. The van der Waals surface area contributed by atoms with Gasteiger partial charge >= 0.3 is 0 Å². The van der Waals surface area contributed by atoms with Crippen molar-refractivity contribution in [1.82, 2.24) is 0 Å². The Hall–Kier alpha value is -1.63. The van der Waals surface area contributed by atoms with Crippen LogP contribution in [0.15, 0.2) is 47.4 Å². The van der Waals surface area contributed by atoms with Crippen molar-refractivity contribution < 1.29 is 17.9 Å². The highest BCUT2D eigenvalue weighted by Crippen LogP contribution is 2.21. The van der Waals surface area contributed by atoms with Crippen LogP contribution in [0.2, 0.25) is 5.02 Å². The van der Waals surface area contributed by atoms with Gasteiger partial charge in [-0.25, -0.2) is 12.8 Å². The predicted molar refractivity (Wildman–Crippen MR) is 74.6 cm³/mol. The summed E-state index contributed by atoms with van der Waals surface area (Å²) in [5, 5.41) is 8.82. The number of benzene rings is 2. The first-order valence-corrected chi connectivity index (χ1v) is 7.46. The van der Waals surface area contributed by atoms with Gasteiger partial charge in [0.25, 0.3) is 10.0 Å². The maximum absolute atomic E-state index is 13.3. The Labute approximate surface area is 120 Å². The van der Waals surface area contributed by atoms with Gasteiger partial charge in [-0.3, -0.25) is 4.72 Å². The Balaban J connectivity index is 2.27. The van der Waals surface area contributed by atoms with Crippen molar-refractivity contribution in [3.63, 3.8) is 0 Å². The van der Waals surface area contributed by atoms with Gasteiger partial charge in [0.05, 0.1) is 22.2 Å². The summed E-state index contributed by atoms with van der Waals surface area (Å²) in [5.41, 5.74) is 0.680. The minimum Gasteiger partial charge on any atom is -0.392 e. The molecule has 0 aromatic heterocycles. The van der Waals surface area contributed by atoms with Crippen LogP contribution in [0, 0.1) is 5.82 Å². The van der Waals surface area contributed by atoms with Crippen LogP contribution in [-0.2, 0) is 16.6 Å². The first-order valence-electron chi connectivity index (χ1n) is 5.60. The lowest BCUT2D eigenvalue weighted by atomic mass is 10.2. The van der Waals surface area contributed by atoms with Crippen LogP contribution in [0.3, 0.4) is 0 Å². The highest BCUT2D eigenvalue weighted by molar-refractivity contribution is 7.92. The zero-order valence-corrected chi connectivity index (χ0v) is 11.7. The summed E-state index contributed by atoms with van der Waals surface area (Å²) < 4.78 is 39.6. The zero-order valence-electron chi connectivity index (χ0n) is 10.2. The average molecular weight is 316 g/mol. The molecule has 2 rings (SSSR count). The molecule has 0 heterocycles. The zero-order chi connectivity index (χ0) is 14.8. The highest BCUT2D eigenvalue weighted by atomic mass is 35.5. The van der Waals surface area contributed by atoms with E-state index in [0.29, 0.717) is 5.56 Å². The number of hydrogen-bond donors (Lipinski definition) is 2. The molecule has 0 aliphatic carbocycles. The molecule has 0 saturated carbocycles. The van der Waals surface area contributed by atoms with Crippen molar-refractivity contribution >= 4 is 27.3 Å². The van der Waals surface area contributed by atoms with E-state index in [-0.39, 0.29) is 22.2 Å².